The van der Waals surface area contributed by atoms with Crippen molar-refractivity contribution in [1.82, 2.24) is 0 Å². The van der Waals surface area contributed by atoms with Crippen molar-refractivity contribution in [2.75, 3.05) is 14.2 Å². The fourth-order valence-electron chi connectivity index (χ4n) is 0.436. The maximum atomic E-state index is 10.3. The van der Waals surface area contributed by atoms with E-state index < -0.39 is 12.3 Å². The Balaban J connectivity index is 3.52. The second-order valence-electron chi connectivity index (χ2n) is 1.57. The summed E-state index contributed by atoms with van der Waals surface area (Å²) in [6.45, 7) is 0. The zero-order chi connectivity index (χ0) is 7.98. The van der Waals surface area contributed by atoms with Crippen molar-refractivity contribution in [3.8, 4) is 0 Å². The summed E-state index contributed by atoms with van der Waals surface area (Å²) < 4.78 is 9.28. The average Bonchev–Trinajstić information content (AvgIpc) is 1.99. The van der Waals surface area contributed by atoms with Crippen molar-refractivity contribution >= 4 is 5.97 Å². The van der Waals surface area contributed by atoms with Crippen LogP contribution < -0.4 is 0 Å². The van der Waals surface area contributed by atoms with Gasteiger partial charge in [-0.3, -0.25) is 0 Å². The van der Waals surface area contributed by atoms with E-state index in [9.17, 15) is 4.79 Å². The molecule has 0 rings (SSSR count). The zero-order valence-electron chi connectivity index (χ0n) is 5.86. The molecule has 0 aromatic heterocycles. The van der Waals surface area contributed by atoms with Gasteiger partial charge >= 0.3 is 5.97 Å². The highest BCUT2D eigenvalue weighted by Crippen LogP contribution is 1.97. The summed E-state index contributed by atoms with van der Waals surface area (Å²) in [5.74, 6) is -0.784. The number of rotatable bonds is 4. The van der Waals surface area contributed by atoms with Crippen LogP contribution in [-0.2, 0) is 19.2 Å². The molecule has 5 heteroatoms. The van der Waals surface area contributed by atoms with E-state index in [0.29, 0.717) is 0 Å². The minimum Gasteiger partial charge on any atom is -0.355 e. The van der Waals surface area contributed by atoms with Gasteiger partial charge in [0.05, 0.1) is 6.42 Å². The SMILES string of the molecule is COC(CC(=O)OO)OC. The molecule has 5 nitrogen and oxygen atoms in total. The molecule has 60 valence electrons. The van der Waals surface area contributed by atoms with Gasteiger partial charge in [0.25, 0.3) is 0 Å². The molecule has 0 aliphatic rings. The third-order valence-corrected chi connectivity index (χ3v) is 0.961. The summed E-state index contributed by atoms with van der Waals surface area (Å²) in [5, 5.41) is 7.81. The molecular weight excluding hydrogens is 140 g/mol. The monoisotopic (exact) mass is 150 g/mol. The Bertz CT molecular complexity index is 98.2. The van der Waals surface area contributed by atoms with E-state index in [1.807, 2.05) is 0 Å². The van der Waals surface area contributed by atoms with Gasteiger partial charge in [-0.25, -0.2) is 4.79 Å². The van der Waals surface area contributed by atoms with Gasteiger partial charge in [-0.15, -0.1) is 0 Å². The van der Waals surface area contributed by atoms with Crippen molar-refractivity contribution in [3.05, 3.63) is 0 Å². The molecular formula is C5H10O5. The molecule has 0 aliphatic heterocycles. The molecule has 0 unspecified atom stereocenters. The minimum atomic E-state index is -0.784. The highest BCUT2D eigenvalue weighted by Gasteiger charge is 2.12. The lowest BCUT2D eigenvalue weighted by Gasteiger charge is -2.09. The first-order valence-corrected chi connectivity index (χ1v) is 2.64. The Labute approximate surface area is 58.4 Å². The molecule has 0 spiro atoms. The van der Waals surface area contributed by atoms with Gasteiger partial charge in [0.2, 0.25) is 0 Å². The number of carbonyl (C=O) groups is 1. The fraction of sp³-hybridized carbons (Fsp3) is 0.800. The first kappa shape index (κ1) is 9.35. The second kappa shape index (κ2) is 5.16. The summed E-state index contributed by atoms with van der Waals surface area (Å²) >= 11 is 0. The number of hydrogen-bond acceptors (Lipinski definition) is 5. The third kappa shape index (κ3) is 3.39. The van der Waals surface area contributed by atoms with Crippen molar-refractivity contribution in [1.29, 1.82) is 0 Å². The standard InChI is InChI=1S/C5H10O5/c1-8-5(9-2)3-4(6)10-7/h5,7H,3H2,1-2H3. The smallest absolute Gasteiger partial charge is 0.347 e. The van der Waals surface area contributed by atoms with Crippen molar-refractivity contribution in [2.45, 2.75) is 12.7 Å². The molecule has 1 N–H and O–H groups in total. The van der Waals surface area contributed by atoms with E-state index in [4.69, 9.17) is 5.26 Å². The summed E-state index contributed by atoms with van der Waals surface area (Å²) in [6, 6.07) is 0. The number of hydrogen-bond donors (Lipinski definition) is 1. The summed E-state index contributed by atoms with van der Waals surface area (Å²) in [4.78, 5) is 13.7. The minimum absolute atomic E-state index is 0.122. The van der Waals surface area contributed by atoms with Gasteiger partial charge in [-0.1, -0.05) is 0 Å². The van der Waals surface area contributed by atoms with E-state index in [1.165, 1.54) is 14.2 Å². The van der Waals surface area contributed by atoms with Crippen LogP contribution in [0.25, 0.3) is 0 Å². The van der Waals surface area contributed by atoms with Crippen LogP contribution in [0.2, 0.25) is 0 Å². The number of ether oxygens (including phenoxy) is 2. The Morgan fingerprint density at radius 3 is 2.30 bits per heavy atom. The van der Waals surface area contributed by atoms with Gasteiger partial charge in [0.15, 0.2) is 6.29 Å². The van der Waals surface area contributed by atoms with Gasteiger partial charge in [0, 0.05) is 14.2 Å². The molecule has 0 heterocycles. The summed E-state index contributed by atoms with van der Waals surface area (Å²) in [5.41, 5.74) is 0. The zero-order valence-corrected chi connectivity index (χ0v) is 5.86. The lowest BCUT2D eigenvalue weighted by atomic mass is 10.4. The molecule has 0 aromatic carbocycles. The largest absolute Gasteiger partial charge is 0.355 e. The Morgan fingerprint density at radius 1 is 1.50 bits per heavy atom. The van der Waals surface area contributed by atoms with Crippen molar-refractivity contribution < 1.29 is 24.4 Å². The van der Waals surface area contributed by atoms with Crippen LogP contribution in [0, 0.1) is 0 Å². The molecule has 0 aromatic rings. The highest BCUT2D eigenvalue weighted by molar-refractivity contribution is 5.68. The Morgan fingerprint density at radius 2 is 2.00 bits per heavy atom. The quantitative estimate of drug-likeness (QED) is 0.347. The molecule has 0 fully saturated rings. The van der Waals surface area contributed by atoms with E-state index in [1.54, 1.807) is 0 Å². The lowest BCUT2D eigenvalue weighted by molar-refractivity contribution is -0.241. The number of methoxy groups -OCH3 is 2. The van der Waals surface area contributed by atoms with Gasteiger partial charge < -0.3 is 14.4 Å². The third-order valence-electron chi connectivity index (χ3n) is 0.961. The van der Waals surface area contributed by atoms with E-state index in [-0.39, 0.29) is 6.42 Å². The van der Waals surface area contributed by atoms with E-state index >= 15 is 0 Å². The van der Waals surface area contributed by atoms with Crippen molar-refractivity contribution in [3.63, 3.8) is 0 Å². The predicted octanol–water partition coefficient (Wildman–Crippen LogP) is 0.0116. The molecule has 0 saturated heterocycles. The van der Waals surface area contributed by atoms with Crippen LogP contribution in [0.3, 0.4) is 0 Å². The van der Waals surface area contributed by atoms with Gasteiger partial charge in [0.1, 0.15) is 0 Å². The maximum Gasteiger partial charge on any atom is 0.347 e. The highest BCUT2D eigenvalue weighted by atomic mass is 17.1. The van der Waals surface area contributed by atoms with Crippen LogP contribution in [0.4, 0.5) is 0 Å². The Kier molecular flexibility index (Phi) is 4.82. The normalized spacial score (nSPS) is 10.0. The molecule has 0 aliphatic carbocycles. The van der Waals surface area contributed by atoms with Gasteiger partial charge in [-0.2, -0.15) is 5.26 Å². The Hall–Kier alpha value is -0.650. The average molecular weight is 150 g/mol. The van der Waals surface area contributed by atoms with Crippen molar-refractivity contribution in [2.24, 2.45) is 0 Å². The lowest BCUT2D eigenvalue weighted by Crippen LogP contribution is -2.18. The van der Waals surface area contributed by atoms with Crippen LogP contribution >= 0.6 is 0 Å². The molecule has 0 saturated carbocycles. The van der Waals surface area contributed by atoms with E-state index in [2.05, 4.69) is 14.4 Å². The number of carbonyl (C=O) groups excluding carboxylic acids is 1. The molecule has 0 atom stereocenters. The summed E-state index contributed by atoms with van der Waals surface area (Å²) in [6.07, 6.45) is -0.775. The molecule has 0 amide bonds. The fourth-order valence-corrected chi connectivity index (χ4v) is 0.436. The summed E-state index contributed by atoms with van der Waals surface area (Å²) in [7, 11) is 2.78. The van der Waals surface area contributed by atoms with E-state index in [0.717, 1.165) is 0 Å². The molecule has 0 radical (unpaired) electrons. The first-order chi connectivity index (χ1) is 4.74. The van der Waals surface area contributed by atoms with Gasteiger partial charge in [-0.05, 0) is 0 Å². The second-order valence-corrected chi connectivity index (χ2v) is 1.57. The van der Waals surface area contributed by atoms with Crippen LogP contribution in [0.1, 0.15) is 6.42 Å². The molecule has 0 bridgehead atoms. The predicted molar refractivity (Wildman–Crippen MR) is 31.1 cm³/mol. The van der Waals surface area contributed by atoms with Crippen LogP contribution in [0.5, 0.6) is 0 Å². The molecule has 10 heavy (non-hydrogen) atoms. The topological polar surface area (TPSA) is 65.0 Å². The van der Waals surface area contributed by atoms with Crippen LogP contribution in [-0.4, -0.2) is 31.7 Å². The van der Waals surface area contributed by atoms with Crippen LogP contribution in [0.15, 0.2) is 0 Å². The first-order valence-electron chi connectivity index (χ1n) is 2.64. The maximum absolute atomic E-state index is 10.3.